The fourth-order valence-electron chi connectivity index (χ4n) is 0.918. The normalized spacial score (nSPS) is 10.6. The zero-order valence-electron chi connectivity index (χ0n) is 7.03. The Morgan fingerprint density at radius 1 is 1.54 bits per heavy atom. The van der Waals surface area contributed by atoms with Gasteiger partial charge in [0.15, 0.2) is 0 Å². The first kappa shape index (κ1) is 9.92. The smallest absolute Gasteiger partial charge is 0.235 e. The van der Waals surface area contributed by atoms with Crippen molar-refractivity contribution in [3.05, 3.63) is 50.1 Å². The van der Waals surface area contributed by atoms with E-state index in [1.807, 2.05) is 25.1 Å². The molecule has 0 saturated carbocycles. The van der Waals surface area contributed by atoms with E-state index in [2.05, 4.69) is 15.9 Å². The molecule has 4 heteroatoms. The van der Waals surface area contributed by atoms with Crippen molar-refractivity contribution in [2.45, 2.75) is 6.92 Å². The minimum absolute atomic E-state index is 0.475. The van der Waals surface area contributed by atoms with Gasteiger partial charge in [-0.1, -0.05) is 28.1 Å². The zero-order chi connectivity index (χ0) is 9.84. The van der Waals surface area contributed by atoms with Gasteiger partial charge in [-0.15, -0.1) is 0 Å². The molecule has 0 aliphatic heterocycles. The Labute approximate surface area is 84.4 Å². The molecule has 0 spiro atoms. The van der Waals surface area contributed by atoms with E-state index in [9.17, 15) is 10.1 Å². The molecule has 1 aromatic rings. The van der Waals surface area contributed by atoms with E-state index in [0.717, 1.165) is 21.8 Å². The summed E-state index contributed by atoms with van der Waals surface area (Å²) in [6.07, 6.45) is 2.40. The summed E-state index contributed by atoms with van der Waals surface area (Å²) in [7, 11) is 0. The lowest BCUT2D eigenvalue weighted by Crippen LogP contribution is -1.83. The number of nitrogens with zero attached hydrogens (tertiary/aromatic N) is 1. The van der Waals surface area contributed by atoms with Gasteiger partial charge in [-0.25, -0.2) is 0 Å². The van der Waals surface area contributed by atoms with E-state index in [-0.39, 0.29) is 0 Å². The molecule has 0 aliphatic carbocycles. The van der Waals surface area contributed by atoms with Crippen LogP contribution >= 0.6 is 15.9 Å². The SMILES string of the molecule is Cc1cc(/C=C/[N+](=O)[O-])ccc1Br. The molecule has 0 fully saturated rings. The summed E-state index contributed by atoms with van der Waals surface area (Å²) in [5, 5.41) is 10.0. The van der Waals surface area contributed by atoms with E-state index in [0.29, 0.717) is 0 Å². The predicted octanol–water partition coefficient (Wildman–Crippen LogP) is 3.00. The van der Waals surface area contributed by atoms with Crippen molar-refractivity contribution >= 4 is 22.0 Å². The van der Waals surface area contributed by atoms with Gasteiger partial charge < -0.3 is 0 Å². The quantitative estimate of drug-likeness (QED) is 0.590. The average molecular weight is 242 g/mol. The zero-order valence-corrected chi connectivity index (χ0v) is 8.61. The molecular formula is C9H8BrNO2. The van der Waals surface area contributed by atoms with Gasteiger partial charge in [0.05, 0.1) is 4.92 Å². The number of halogens is 1. The van der Waals surface area contributed by atoms with Gasteiger partial charge in [0, 0.05) is 10.5 Å². The Morgan fingerprint density at radius 3 is 2.77 bits per heavy atom. The van der Waals surface area contributed by atoms with Crippen LogP contribution < -0.4 is 0 Å². The molecule has 0 atom stereocenters. The second-order valence-electron chi connectivity index (χ2n) is 2.61. The summed E-state index contributed by atoms with van der Waals surface area (Å²) in [5.41, 5.74) is 1.89. The van der Waals surface area contributed by atoms with Gasteiger partial charge in [-0.05, 0) is 24.1 Å². The molecule has 13 heavy (non-hydrogen) atoms. The van der Waals surface area contributed by atoms with E-state index in [1.54, 1.807) is 0 Å². The van der Waals surface area contributed by atoms with Crippen LogP contribution in [-0.2, 0) is 0 Å². The third kappa shape index (κ3) is 2.99. The third-order valence-electron chi connectivity index (χ3n) is 1.57. The highest BCUT2D eigenvalue weighted by atomic mass is 79.9. The van der Waals surface area contributed by atoms with Crippen molar-refractivity contribution in [2.75, 3.05) is 0 Å². The molecule has 0 heterocycles. The molecule has 0 amide bonds. The molecule has 0 radical (unpaired) electrons. The highest BCUT2D eigenvalue weighted by Gasteiger charge is 1.95. The summed E-state index contributed by atoms with van der Waals surface area (Å²) in [4.78, 5) is 9.56. The number of hydrogen-bond acceptors (Lipinski definition) is 2. The molecule has 0 aromatic heterocycles. The standard InChI is InChI=1S/C9H8BrNO2/c1-7-6-8(2-3-9(7)10)4-5-11(12)13/h2-6H,1H3/b5-4+. The Kier molecular flexibility index (Phi) is 3.19. The van der Waals surface area contributed by atoms with E-state index < -0.39 is 4.92 Å². The summed E-state index contributed by atoms with van der Waals surface area (Å²) in [6.45, 7) is 1.94. The van der Waals surface area contributed by atoms with Gasteiger partial charge in [-0.3, -0.25) is 10.1 Å². The van der Waals surface area contributed by atoms with E-state index in [4.69, 9.17) is 0 Å². The Hall–Kier alpha value is -1.16. The maximum atomic E-state index is 10.0. The number of benzene rings is 1. The molecule has 1 aromatic carbocycles. The van der Waals surface area contributed by atoms with Crippen molar-refractivity contribution in [1.29, 1.82) is 0 Å². The van der Waals surface area contributed by atoms with Gasteiger partial charge in [-0.2, -0.15) is 0 Å². The van der Waals surface area contributed by atoms with Gasteiger partial charge in [0.2, 0.25) is 6.20 Å². The average Bonchev–Trinajstić information content (AvgIpc) is 2.07. The molecule has 0 aliphatic rings. The highest BCUT2D eigenvalue weighted by molar-refractivity contribution is 9.10. The Bertz CT molecular complexity index is 361. The molecular weight excluding hydrogens is 234 g/mol. The summed E-state index contributed by atoms with van der Waals surface area (Å²) < 4.78 is 1.01. The van der Waals surface area contributed by atoms with Gasteiger partial charge in [0.25, 0.3) is 0 Å². The number of aryl methyl sites for hydroxylation is 1. The molecule has 68 valence electrons. The first-order chi connectivity index (χ1) is 6.09. The van der Waals surface area contributed by atoms with E-state index in [1.165, 1.54) is 6.08 Å². The first-order valence-corrected chi connectivity index (χ1v) is 4.47. The van der Waals surface area contributed by atoms with Crippen LogP contribution in [0.4, 0.5) is 0 Å². The molecule has 0 bridgehead atoms. The van der Waals surface area contributed by atoms with Crippen molar-refractivity contribution in [3.63, 3.8) is 0 Å². The van der Waals surface area contributed by atoms with Crippen LogP contribution in [0.2, 0.25) is 0 Å². The topological polar surface area (TPSA) is 43.1 Å². The lowest BCUT2D eigenvalue weighted by Gasteiger charge is -1.97. The second kappa shape index (κ2) is 4.18. The fourth-order valence-corrected chi connectivity index (χ4v) is 1.17. The van der Waals surface area contributed by atoms with E-state index >= 15 is 0 Å². The highest BCUT2D eigenvalue weighted by Crippen LogP contribution is 2.17. The minimum atomic E-state index is -0.475. The first-order valence-electron chi connectivity index (χ1n) is 3.67. The van der Waals surface area contributed by atoms with Crippen LogP contribution in [-0.4, -0.2) is 4.92 Å². The lowest BCUT2D eigenvalue weighted by atomic mass is 10.1. The van der Waals surface area contributed by atoms with Gasteiger partial charge >= 0.3 is 0 Å². The Balaban J connectivity index is 2.92. The summed E-state index contributed by atoms with van der Waals surface area (Å²) >= 11 is 3.35. The molecule has 0 N–H and O–H groups in total. The minimum Gasteiger partial charge on any atom is -0.259 e. The van der Waals surface area contributed by atoms with Crippen molar-refractivity contribution in [2.24, 2.45) is 0 Å². The van der Waals surface area contributed by atoms with Crippen LogP contribution in [0.5, 0.6) is 0 Å². The maximum absolute atomic E-state index is 10.0. The van der Waals surface area contributed by atoms with Crippen molar-refractivity contribution < 1.29 is 4.92 Å². The van der Waals surface area contributed by atoms with Gasteiger partial charge in [0.1, 0.15) is 0 Å². The second-order valence-corrected chi connectivity index (χ2v) is 3.46. The van der Waals surface area contributed by atoms with Crippen LogP contribution in [0.15, 0.2) is 28.9 Å². The van der Waals surface area contributed by atoms with Crippen LogP contribution in [0.3, 0.4) is 0 Å². The molecule has 0 unspecified atom stereocenters. The summed E-state index contributed by atoms with van der Waals surface area (Å²) in [6, 6.07) is 5.57. The summed E-state index contributed by atoms with van der Waals surface area (Å²) in [5.74, 6) is 0. The molecule has 1 rings (SSSR count). The van der Waals surface area contributed by atoms with Crippen LogP contribution in [0, 0.1) is 17.0 Å². The predicted molar refractivity (Wildman–Crippen MR) is 54.9 cm³/mol. The van der Waals surface area contributed by atoms with Crippen molar-refractivity contribution in [1.82, 2.24) is 0 Å². The monoisotopic (exact) mass is 241 g/mol. The molecule has 3 nitrogen and oxygen atoms in total. The van der Waals surface area contributed by atoms with Crippen LogP contribution in [0.25, 0.3) is 6.08 Å². The largest absolute Gasteiger partial charge is 0.259 e. The Morgan fingerprint density at radius 2 is 2.23 bits per heavy atom. The maximum Gasteiger partial charge on any atom is 0.235 e. The fraction of sp³-hybridized carbons (Fsp3) is 0.111. The number of nitro groups is 1. The van der Waals surface area contributed by atoms with Crippen molar-refractivity contribution in [3.8, 4) is 0 Å². The lowest BCUT2D eigenvalue weighted by molar-refractivity contribution is -0.400. The third-order valence-corrected chi connectivity index (χ3v) is 2.46. The molecule has 0 saturated heterocycles. The van der Waals surface area contributed by atoms with Crippen LogP contribution in [0.1, 0.15) is 11.1 Å². The number of hydrogen-bond donors (Lipinski definition) is 0. The number of rotatable bonds is 2.